The zero-order valence-corrected chi connectivity index (χ0v) is 11.7. The highest BCUT2D eigenvalue weighted by Gasteiger charge is 2.35. The molecule has 0 bridgehead atoms. The average molecular weight is 304 g/mol. The van der Waals surface area contributed by atoms with Gasteiger partial charge in [-0.25, -0.2) is 0 Å². The van der Waals surface area contributed by atoms with E-state index in [0.717, 1.165) is 0 Å². The average Bonchev–Trinajstić information content (AvgIpc) is 2.46. The zero-order chi connectivity index (χ0) is 15.3. The number of anilines is 1. The summed E-state index contributed by atoms with van der Waals surface area (Å²) in [6.45, 7) is 0. The van der Waals surface area contributed by atoms with Crippen LogP contribution in [0.4, 0.5) is 5.69 Å². The number of benzene rings is 2. The van der Waals surface area contributed by atoms with Crippen LogP contribution in [0.2, 0.25) is 5.02 Å². The van der Waals surface area contributed by atoms with Gasteiger partial charge in [0.15, 0.2) is 23.1 Å². The van der Waals surface area contributed by atoms with Crippen LogP contribution >= 0.6 is 11.6 Å². The van der Waals surface area contributed by atoms with Crippen molar-refractivity contribution >= 4 is 28.9 Å². The lowest BCUT2D eigenvalue weighted by atomic mass is 9.82. The van der Waals surface area contributed by atoms with Crippen LogP contribution in [-0.2, 0) is 0 Å². The van der Waals surface area contributed by atoms with Crippen molar-refractivity contribution in [3.05, 3.63) is 51.5 Å². The molecule has 0 spiro atoms. The van der Waals surface area contributed by atoms with Crippen molar-refractivity contribution in [3.63, 3.8) is 0 Å². The maximum absolute atomic E-state index is 12.5. The van der Waals surface area contributed by atoms with Crippen molar-refractivity contribution in [1.82, 2.24) is 0 Å². The molecule has 0 fully saturated rings. The van der Waals surface area contributed by atoms with Gasteiger partial charge < -0.3 is 15.6 Å². The van der Waals surface area contributed by atoms with Crippen molar-refractivity contribution in [2.75, 3.05) is 12.8 Å². The van der Waals surface area contributed by atoms with Gasteiger partial charge in [-0.1, -0.05) is 11.6 Å². The number of nitrogen functional groups attached to an aromatic ring is 1. The number of hydrogen-bond donors (Lipinski definition) is 2. The lowest BCUT2D eigenvalue weighted by Crippen LogP contribution is -2.22. The first-order valence-electron chi connectivity index (χ1n) is 6.04. The third-order valence-electron chi connectivity index (χ3n) is 3.44. The maximum Gasteiger partial charge on any atom is 0.198 e. The Morgan fingerprint density at radius 2 is 1.76 bits per heavy atom. The smallest absolute Gasteiger partial charge is 0.198 e. The van der Waals surface area contributed by atoms with E-state index in [4.69, 9.17) is 22.1 Å². The molecule has 0 unspecified atom stereocenters. The van der Waals surface area contributed by atoms with Gasteiger partial charge in [0.1, 0.15) is 0 Å². The second-order valence-corrected chi connectivity index (χ2v) is 5.05. The van der Waals surface area contributed by atoms with Crippen molar-refractivity contribution in [3.8, 4) is 11.5 Å². The number of halogens is 1. The molecule has 3 rings (SSSR count). The van der Waals surface area contributed by atoms with Gasteiger partial charge >= 0.3 is 0 Å². The van der Waals surface area contributed by atoms with Crippen LogP contribution < -0.4 is 10.5 Å². The summed E-state index contributed by atoms with van der Waals surface area (Å²) in [5.41, 5.74) is 6.11. The van der Waals surface area contributed by atoms with E-state index in [9.17, 15) is 14.7 Å². The highest BCUT2D eigenvalue weighted by Crippen LogP contribution is 2.42. The quantitative estimate of drug-likeness (QED) is 0.532. The molecule has 2 aromatic carbocycles. The van der Waals surface area contributed by atoms with Crippen LogP contribution in [0.25, 0.3) is 0 Å². The number of fused-ring (bicyclic) bond motifs is 2. The summed E-state index contributed by atoms with van der Waals surface area (Å²) in [7, 11) is 1.34. The Kier molecular flexibility index (Phi) is 2.88. The molecular weight excluding hydrogens is 294 g/mol. The Bertz CT molecular complexity index is 814. The Hall–Kier alpha value is -2.53. The number of rotatable bonds is 1. The topological polar surface area (TPSA) is 89.6 Å². The number of ether oxygens (including phenoxy) is 1. The summed E-state index contributed by atoms with van der Waals surface area (Å²) < 4.78 is 4.97. The SMILES string of the molecule is COc1cc(N)c2c(c1O)C(=O)c1ccc(Cl)cc1C2=O. The number of phenolic OH excluding ortho intramolecular Hbond substituents is 1. The summed E-state index contributed by atoms with van der Waals surface area (Å²) >= 11 is 5.87. The molecule has 0 saturated heterocycles. The van der Waals surface area contributed by atoms with Gasteiger partial charge in [0.2, 0.25) is 0 Å². The molecule has 0 heterocycles. The number of hydrogen-bond acceptors (Lipinski definition) is 5. The first kappa shape index (κ1) is 13.5. The van der Waals surface area contributed by atoms with Crippen LogP contribution in [0, 0.1) is 0 Å². The van der Waals surface area contributed by atoms with Gasteiger partial charge in [0, 0.05) is 27.9 Å². The van der Waals surface area contributed by atoms with E-state index in [-0.39, 0.29) is 39.4 Å². The fourth-order valence-corrected chi connectivity index (χ4v) is 2.63. The number of carbonyl (C=O) groups excluding carboxylic acids is 2. The molecule has 0 atom stereocenters. The van der Waals surface area contributed by atoms with Gasteiger partial charge in [-0.15, -0.1) is 0 Å². The summed E-state index contributed by atoms with van der Waals surface area (Å²) in [5, 5.41) is 10.5. The molecule has 3 N–H and O–H groups in total. The van der Waals surface area contributed by atoms with Gasteiger partial charge in [0.25, 0.3) is 0 Å². The Labute approximate surface area is 124 Å². The van der Waals surface area contributed by atoms with Crippen molar-refractivity contribution in [2.24, 2.45) is 0 Å². The summed E-state index contributed by atoms with van der Waals surface area (Å²) in [5.74, 6) is -1.28. The van der Waals surface area contributed by atoms with Gasteiger partial charge in [-0.2, -0.15) is 0 Å². The third kappa shape index (κ3) is 1.78. The maximum atomic E-state index is 12.5. The second kappa shape index (κ2) is 4.49. The molecule has 106 valence electrons. The molecule has 0 aromatic heterocycles. The van der Waals surface area contributed by atoms with E-state index < -0.39 is 11.6 Å². The summed E-state index contributed by atoms with van der Waals surface area (Å²) in [4.78, 5) is 25.1. The molecule has 6 heteroatoms. The summed E-state index contributed by atoms with van der Waals surface area (Å²) in [6, 6.07) is 5.70. The van der Waals surface area contributed by atoms with Crippen LogP contribution in [-0.4, -0.2) is 23.8 Å². The van der Waals surface area contributed by atoms with E-state index >= 15 is 0 Å². The molecule has 0 aliphatic heterocycles. The number of aromatic hydroxyl groups is 1. The predicted octanol–water partition coefficient (Wildman–Crippen LogP) is 2.41. The standard InChI is InChI=1S/C15H10ClNO4/c1-21-10-5-9(17)11-12(15(10)20)13(18)7-3-2-6(16)4-8(7)14(11)19/h2-5,20H,17H2,1H3. The lowest BCUT2D eigenvalue weighted by molar-refractivity contribution is 0.0977. The first-order valence-corrected chi connectivity index (χ1v) is 6.42. The molecule has 0 amide bonds. The predicted molar refractivity (Wildman–Crippen MR) is 77.4 cm³/mol. The minimum atomic E-state index is -0.487. The minimum absolute atomic E-state index is 0.0203. The third-order valence-corrected chi connectivity index (χ3v) is 3.68. The second-order valence-electron chi connectivity index (χ2n) is 4.61. The molecule has 1 aliphatic carbocycles. The molecule has 0 radical (unpaired) electrons. The zero-order valence-electron chi connectivity index (χ0n) is 10.9. The van der Waals surface area contributed by atoms with Gasteiger partial charge in [-0.05, 0) is 18.2 Å². The highest BCUT2D eigenvalue weighted by molar-refractivity contribution is 6.34. The van der Waals surface area contributed by atoms with E-state index in [1.54, 1.807) is 0 Å². The van der Waals surface area contributed by atoms with Crippen molar-refractivity contribution in [1.29, 1.82) is 0 Å². The molecule has 0 saturated carbocycles. The Morgan fingerprint density at radius 3 is 2.43 bits per heavy atom. The van der Waals surface area contributed by atoms with E-state index in [1.165, 1.54) is 31.4 Å². The number of methoxy groups -OCH3 is 1. The van der Waals surface area contributed by atoms with Crippen LogP contribution in [0.5, 0.6) is 11.5 Å². The number of carbonyl (C=O) groups is 2. The fourth-order valence-electron chi connectivity index (χ4n) is 2.46. The van der Waals surface area contributed by atoms with Crippen LogP contribution in [0.3, 0.4) is 0 Å². The Balaban J connectivity index is 2.38. The number of ketones is 2. The lowest BCUT2D eigenvalue weighted by Gasteiger charge is -2.21. The van der Waals surface area contributed by atoms with Crippen molar-refractivity contribution < 1.29 is 19.4 Å². The number of nitrogens with two attached hydrogens (primary N) is 1. The highest BCUT2D eigenvalue weighted by atomic mass is 35.5. The fraction of sp³-hybridized carbons (Fsp3) is 0.0667. The van der Waals surface area contributed by atoms with Gasteiger partial charge in [-0.3, -0.25) is 9.59 Å². The van der Waals surface area contributed by atoms with Crippen LogP contribution in [0.15, 0.2) is 24.3 Å². The monoisotopic (exact) mass is 303 g/mol. The molecule has 5 nitrogen and oxygen atoms in total. The molecular formula is C15H10ClNO4. The largest absolute Gasteiger partial charge is 0.504 e. The first-order chi connectivity index (χ1) is 9.95. The molecule has 2 aromatic rings. The Morgan fingerprint density at radius 1 is 1.10 bits per heavy atom. The van der Waals surface area contributed by atoms with E-state index in [2.05, 4.69) is 0 Å². The molecule has 21 heavy (non-hydrogen) atoms. The van der Waals surface area contributed by atoms with E-state index in [0.29, 0.717) is 5.02 Å². The van der Waals surface area contributed by atoms with Gasteiger partial charge in [0.05, 0.1) is 18.2 Å². The summed E-state index contributed by atoms with van der Waals surface area (Å²) in [6.07, 6.45) is 0. The minimum Gasteiger partial charge on any atom is -0.504 e. The number of phenols is 1. The molecule has 1 aliphatic rings. The normalized spacial score (nSPS) is 12.9. The van der Waals surface area contributed by atoms with E-state index in [1.807, 2.05) is 0 Å². The van der Waals surface area contributed by atoms with Crippen LogP contribution in [0.1, 0.15) is 31.8 Å². The van der Waals surface area contributed by atoms with Crippen molar-refractivity contribution in [2.45, 2.75) is 0 Å².